The van der Waals surface area contributed by atoms with Crippen molar-refractivity contribution in [3.63, 3.8) is 0 Å². The zero-order valence-corrected chi connectivity index (χ0v) is 11.6. The van der Waals surface area contributed by atoms with Crippen molar-refractivity contribution < 1.29 is 14.3 Å². The lowest BCUT2D eigenvalue weighted by atomic mass is 9.99. The van der Waals surface area contributed by atoms with Gasteiger partial charge in [-0.2, -0.15) is 0 Å². The Hall–Kier alpha value is -2.42. The molecule has 0 aliphatic carbocycles. The first-order valence-electron chi connectivity index (χ1n) is 6.48. The third kappa shape index (κ3) is 3.12. The molecule has 0 fully saturated rings. The van der Waals surface area contributed by atoms with Crippen molar-refractivity contribution in [1.29, 1.82) is 0 Å². The molecule has 0 N–H and O–H groups in total. The molecule has 0 bridgehead atoms. The number of aldehydes is 1. The number of benzene rings is 2. The van der Waals surface area contributed by atoms with Crippen LogP contribution in [0.25, 0.3) is 11.1 Å². The van der Waals surface area contributed by atoms with E-state index in [1.54, 1.807) is 25.1 Å². The minimum atomic E-state index is -0.412. The van der Waals surface area contributed by atoms with E-state index in [9.17, 15) is 9.59 Å². The van der Waals surface area contributed by atoms with Crippen LogP contribution in [0.2, 0.25) is 0 Å². The normalized spacial score (nSPS) is 10.1. The summed E-state index contributed by atoms with van der Waals surface area (Å²) in [6.45, 7) is 4.07. The van der Waals surface area contributed by atoms with Gasteiger partial charge in [0.1, 0.15) is 6.29 Å². The van der Waals surface area contributed by atoms with Crippen molar-refractivity contribution >= 4 is 12.3 Å². The number of hydrogen-bond donors (Lipinski definition) is 0. The zero-order chi connectivity index (χ0) is 14.5. The molecule has 0 unspecified atom stereocenters. The topological polar surface area (TPSA) is 43.4 Å². The van der Waals surface area contributed by atoms with Crippen LogP contribution < -0.4 is 0 Å². The molecule has 0 aliphatic heterocycles. The van der Waals surface area contributed by atoms with E-state index >= 15 is 0 Å². The predicted octanol–water partition coefficient (Wildman–Crippen LogP) is 3.65. The highest BCUT2D eigenvalue weighted by Gasteiger charge is 2.10. The van der Waals surface area contributed by atoms with E-state index in [1.165, 1.54) is 0 Å². The van der Waals surface area contributed by atoms with E-state index < -0.39 is 5.97 Å². The Morgan fingerprint density at radius 3 is 2.40 bits per heavy atom. The number of aryl methyl sites for hydroxylation is 1. The van der Waals surface area contributed by atoms with E-state index in [0.717, 1.165) is 23.0 Å². The number of carbonyl (C=O) groups excluding carboxylic acids is 2. The number of esters is 1. The Balaban J connectivity index is 2.47. The monoisotopic (exact) mass is 268 g/mol. The first kappa shape index (κ1) is 14.0. The average molecular weight is 268 g/mol. The van der Waals surface area contributed by atoms with Crippen LogP contribution in [0.15, 0.2) is 42.5 Å². The van der Waals surface area contributed by atoms with Crippen LogP contribution >= 0.6 is 0 Å². The van der Waals surface area contributed by atoms with Gasteiger partial charge in [-0.05, 0) is 43.2 Å². The van der Waals surface area contributed by atoms with Crippen molar-refractivity contribution in [3.05, 3.63) is 59.2 Å². The fourth-order valence-electron chi connectivity index (χ4n) is 1.96. The second kappa shape index (κ2) is 6.15. The fraction of sp³-hybridized carbons (Fsp3) is 0.176. The van der Waals surface area contributed by atoms with Crippen molar-refractivity contribution in [2.45, 2.75) is 13.8 Å². The van der Waals surface area contributed by atoms with Gasteiger partial charge < -0.3 is 4.74 Å². The maximum atomic E-state index is 11.8. The summed E-state index contributed by atoms with van der Waals surface area (Å²) < 4.78 is 4.98. The van der Waals surface area contributed by atoms with E-state index in [2.05, 4.69) is 0 Å². The molecular formula is C17H16O3. The van der Waals surface area contributed by atoms with Crippen LogP contribution in [0.3, 0.4) is 0 Å². The van der Waals surface area contributed by atoms with Crippen LogP contribution in [0.5, 0.6) is 0 Å². The molecule has 2 aromatic carbocycles. The van der Waals surface area contributed by atoms with Crippen molar-refractivity contribution in [3.8, 4) is 11.1 Å². The summed E-state index contributed by atoms with van der Waals surface area (Å²) in [5.41, 5.74) is 3.81. The molecule has 0 aliphatic rings. The molecule has 0 atom stereocenters. The Kier molecular flexibility index (Phi) is 4.31. The number of hydrogen-bond acceptors (Lipinski definition) is 3. The second-order valence-electron chi connectivity index (χ2n) is 4.55. The highest BCUT2D eigenvalue weighted by Crippen LogP contribution is 2.23. The largest absolute Gasteiger partial charge is 0.462 e. The summed E-state index contributed by atoms with van der Waals surface area (Å²) in [7, 11) is 0. The molecule has 2 aromatic rings. The summed E-state index contributed by atoms with van der Waals surface area (Å²) in [5.74, 6) is -0.412. The first-order chi connectivity index (χ1) is 9.63. The average Bonchev–Trinajstić information content (AvgIpc) is 2.47. The molecule has 0 saturated heterocycles. The molecule has 3 nitrogen and oxygen atoms in total. The van der Waals surface area contributed by atoms with Gasteiger partial charge in [-0.25, -0.2) is 4.79 Å². The Labute approximate surface area is 118 Å². The molecule has 3 heteroatoms. The first-order valence-corrected chi connectivity index (χ1v) is 6.48. The summed E-state index contributed by atoms with van der Waals surface area (Å²) in [5, 5.41) is 0. The third-order valence-electron chi connectivity index (χ3n) is 2.99. The van der Waals surface area contributed by atoms with Crippen molar-refractivity contribution in [2.75, 3.05) is 6.61 Å². The molecule has 0 saturated carbocycles. The van der Waals surface area contributed by atoms with Crippen LogP contribution in [-0.2, 0) is 4.74 Å². The molecule has 0 aromatic heterocycles. The highest BCUT2D eigenvalue weighted by atomic mass is 16.5. The molecule has 0 spiro atoms. The maximum absolute atomic E-state index is 11.8. The summed E-state index contributed by atoms with van der Waals surface area (Å²) in [6.07, 6.45) is 0.737. The maximum Gasteiger partial charge on any atom is 0.338 e. The Morgan fingerprint density at radius 1 is 1.10 bits per heavy atom. The zero-order valence-electron chi connectivity index (χ0n) is 11.6. The van der Waals surface area contributed by atoms with Gasteiger partial charge in [0.2, 0.25) is 0 Å². The van der Waals surface area contributed by atoms with Gasteiger partial charge >= 0.3 is 5.97 Å². The summed E-state index contributed by atoms with van der Waals surface area (Å²) >= 11 is 0. The Bertz CT molecular complexity index is 627. The van der Waals surface area contributed by atoms with Gasteiger partial charge in [-0.15, -0.1) is 0 Å². The molecule has 102 valence electrons. The van der Waals surface area contributed by atoms with E-state index in [-0.39, 0.29) is 0 Å². The van der Waals surface area contributed by atoms with Crippen LogP contribution in [-0.4, -0.2) is 18.9 Å². The van der Waals surface area contributed by atoms with Crippen LogP contribution in [0.4, 0.5) is 0 Å². The molecule has 20 heavy (non-hydrogen) atoms. The van der Waals surface area contributed by atoms with Gasteiger partial charge in [0.05, 0.1) is 12.2 Å². The fourth-order valence-corrected chi connectivity index (χ4v) is 1.96. The SMILES string of the molecule is CCOC(=O)c1cc(C=O)cc(-c2ccc(C)cc2)c1. The second-order valence-corrected chi connectivity index (χ2v) is 4.55. The standard InChI is InChI=1S/C17H16O3/c1-3-20-17(19)16-9-13(11-18)8-15(10-16)14-6-4-12(2)5-7-14/h4-11H,3H2,1-2H3. The molecule has 0 heterocycles. The van der Waals surface area contributed by atoms with Crippen molar-refractivity contribution in [2.24, 2.45) is 0 Å². The highest BCUT2D eigenvalue weighted by molar-refractivity contribution is 5.94. The summed E-state index contributed by atoms with van der Waals surface area (Å²) in [6, 6.07) is 13.0. The Morgan fingerprint density at radius 2 is 1.80 bits per heavy atom. The van der Waals surface area contributed by atoms with E-state index in [1.807, 2.05) is 31.2 Å². The predicted molar refractivity (Wildman–Crippen MR) is 78.0 cm³/mol. The van der Waals surface area contributed by atoms with Gasteiger partial charge in [0.15, 0.2) is 0 Å². The van der Waals surface area contributed by atoms with Gasteiger partial charge in [-0.1, -0.05) is 29.8 Å². The quantitative estimate of drug-likeness (QED) is 0.628. The smallest absolute Gasteiger partial charge is 0.338 e. The van der Waals surface area contributed by atoms with E-state index in [0.29, 0.717) is 17.7 Å². The van der Waals surface area contributed by atoms with Crippen LogP contribution in [0.1, 0.15) is 33.2 Å². The lowest BCUT2D eigenvalue weighted by Gasteiger charge is -2.07. The minimum Gasteiger partial charge on any atom is -0.462 e. The molecule has 0 amide bonds. The summed E-state index contributed by atoms with van der Waals surface area (Å²) in [4.78, 5) is 22.8. The third-order valence-corrected chi connectivity index (χ3v) is 2.99. The van der Waals surface area contributed by atoms with Gasteiger partial charge in [-0.3, -0.25) is 4.79 Å². The molecular weight excluding hydrogens is 252 g/mol. The lowest BCUT2D eigenvalue weighted by Crippen LogP contribution is -2.05. The van der Waals surface area contributed by atoms with Crippen LogP contribution in [0, 0.1) is 6.92 Å². The van der Waals surface area contributed by atoms with E-state index in [4.69, 9.17) is 4.74 Å². The number of ether oxygens (including phenoxy) is 1. The molecule has 0 radical (unpaired) electrons. The number of carbonyl (C=O) groups is 2. The minimum absolute atomic E-state index is 0.310. The lowest BCUT2D eigenvalue weighted by molar-refractivity contribution is 0.0526. The molecule has 2 rings (SSSR count). The van der Waals surface area contributed by atoms with Crippen molar-refractivity contribution in [1.82, 2.24) is 0 Å². The number of rotatable bonds is 4. The van der Waals surface area contributed by atoms with Gasteiger partial charge in [0.25, 0.3) is 0 Å². The van der Waals surface area contributed by atoms with Gasteiger partial charge in [0, 0.05) is 5.56 Å².